The number of hydroxylamine groups is 2. The first-order valence-electron chi connectivity index (χ1n) is 5.49. The smallest absolute Gasteiger partial charge is 0.269 e. The Morgan fingerprint density at radius 2 is 2.24 bits per heavy atom. The average Bonchev–Trinajstić information content (AvgIpc) is 2.75. The summed E-state index contributed by atoms with van der Waals surface area (Å²) in [4.78, 5) is 21.0. The standard InChI is InChI=1S/C11H14N2O4/c1-2-16-13-11(12(14)15)8-10(17-13)9-6-4-3-5-7-9/h3-7,10-11H,2,8H2,1H3. The number of nitrogens with zero attached hydrogens (tertiary/aromatic N) is 2. The predicted octanol–water partition coefficient (Wildman–Crippen LogP) is 1.92. The van der Waals surface area contributed by atoms with Gasteiger partial charge in [-0.2, -0.15) is 0 Å². The summed E-state index contributed by atoms with van der Waals surface area (Å²) in [5, 5.41) is 11.9. The van der Waals surface area contributed by atoms with E-state index >= 15 is 0 Å². The Balaban J connectivity index is 2.11. The second-order valence-electron chi connectivity index (χ2n) is 3.71. The molecule has 0 amide bonds. The summed E-state index contributed by atoms with van der Waals surface area (Å²) in [6, 6.07) is 9.42. The summed E-state index contributed by atoms with van der Waals surface area (Å²) in [6.45, 7) is 2.10. The molecule has 0 aromatic heterocycles. The Kier molecular flexibility index (Phi) is 3.68. The third-order valence-electron chi connectivity index (χ3n) is 2.57. The molecule has 1 saturated heterocycles. The number of hydrogen-bond acceptors (Lipinski definition) is 5. The molecule has 0 spiro atoms. The van der Waals surface area contributed by atoms with Crippen LogP contribution in [0.15, 0.2) is 30.3 Å². The van der Waals surface area contributed by atoms with E-state index in [1.165, 1.54) is 0 Å². The van der Waals surface area contributed by atoms with Crippen LogP contribution in [0.4, 0.5) is 0 Å². The lowest BCUT2D eigenvalue weighted by atomic mass is 10.1. The molecule has 1 aliphatic heterocycles. The lowest BCUT2D eigenvalue weighted by molar-refractivity contribution is -0.599. The van der Waals surface area contributed by atoms with Gasteiger partial charge in [0.15, 0.2) is 0 Å². The molecule has 0 radical (unpaired) electrons. The Bertz CT molecular complexity index is 384. The summed E-state index contributed by atoms with van der Waals surface area (Å²) < 4.78 is 0. The molecule has 6 heteroatoms. The van der Waals surface area contributed by atoms with E-state index < -0.39 is 11.1 Å². The van der Waals surface area contributed by atoms with E-state index in [1.54, 1.807) is 6.92 Å². The summed E-state index contributed by atoms with van der Waals surface area (Å²) in [7, 11) is 0. The quantitative estimate of drug-likeness (QED) is 0.592. The topological polar surface area (TPSA) is 64.8 Å². The third kappa shape index (κ3) is 2.60. The molecule has 1 aliphatic rings. The summed E-state index contributed by atoms with van der Waals surface area (Å²) >= 11 is 0. The zero-order chi connectivity index (χ0) is 12.3. The summed E-state index contributed by atoms with van der Waals surface area (Å²) in [5.41, 5.74) is 0.918. The second kappa shape index (κ2) is 5.22. The van der Waals surface area contributed by atoms with Crippen molar-refractivity contribution in [1.29, 1.82) is 0 Å². The van der Waals surface area contributed by atoms with Crippen LogP contribution in [-0.2, 0) is 9.68 Å². The van der Waals surface area contributed by atoms with Crippen LogP contribution in [0.3, 0.4) is 0 Å². The van der Waals surface area contributed by atoms with Crippen LogP contribution in [0.5, 0.6) is 0 Å². The summed E-state index contributed by atoms with van der Waals surface area (Å²) in [6.07, 6.45) is -0.977. The minimum Gasteiger partial charge on any atom is -0.269 e. The second-order valence-corrected chi connectivity index (χ2v) is 3.71. The van der Waals surface area contributed by atoms with Gasteiger partial charge in [-0.05, 0) is 12.5 Å². The lowest BCUT2D eigenvalue weighted by Crippen LogP contribution is -2.34. The van der Waals surface area contributed by atoms with E-state index in [-0.39, 0.29) is 12.5 Å². The van der Waals surface area contributed by atoms with E-state index in [0.717, 1.165) is 10.8 Å². The molecule has 1 fully saturated rings. The van der Waals surface area contributed by atoms with Crippen molar-refractivity contribution in [2.24, 2.45) is 0 Å². The number of nitro groups is 1. The fraction of sp³-hybridized carbons (Fsp3) is 0.455. The van der Waals surface area contributed by atoms with Gasteiger partial charge in [0.1, 0.15) is 6.10 Å². The SMILES string of the molecule is CCON1OC(c2ccccc2)CC1[N+](=O)[O-]. The van der Waals surface area contributed by atoms with Gasteiger partial charge in [-0.25, -0.2) is 0 Å². The molecule has 6 nitrogen and oxygen atoms in total. The number of hydrogen-bond donors (Lipinski definition) is 0. The van der Waals surface area contributed by atoms with Gasteiger partial charge < -0.3 is 0 Å². The highest BCUT2D eigenvalue weighted by Crippen LogP contribution is 2.33. The molecule has 2 rings (SSSR count). The Labute approximate surface area is 98.8 Å². The van der Waals surface area contributed by atoms with Crippen molar-refractivity contribution in [2.75, 3.05) is 6.61 Å². The molecular weight excluding hydrogens is 224 g/mol. The monoisotopic (exact) mass is 238 g/mol. The zero-order valence-corrected chi connectivity index (χ0v) is 9.48. The van der Waals surface area contributed by atoms with Gasteiger partial charge in [0.05, 0.1) is 13.0 Å². The minimum absolute atomic E-state index is 0.289. The Hall–Kier alpha value is -1.50. The lowest BCUT2D eigenvalue weighted by Gasteiger charge is -2.15. The van der Waals surface area contributed by atoms with Crippen LogP contribution in [-0.4, -0.2) is 22.9 Å². The Morgan fingerprint density at radius 3 is 2.82 bits per heavy atom. The molecule has 1 heterocycles. The van der Waals surface area contributed by atoms with Crippen molar-refractivity contribution >= 4 is 0 Å². The van der Waals surface area contributed by atoms with Gasteiger partial charge in [0, 0.05) is 10.1 Å². The van der Waals surface area contributed by atoms with E-state index in [1.807, 2.05) is 30.3 Å². The number of rotatable bonds is 4. The molecule has 2 unspecified atom stereocenters. The predicted molar refractivity (Wildman–Crippen MR) is 59.1 cm³/mol. The van der Waals surface area contributed by atoms with E-state index in [0.29, 0.717) is 6.61 Å². The van der Waals surface area contributed by atoms with Gasteiger partial charge in [0.2, 0.25) is 0 Å². The first-order valence-corrected chi connectivity index (χ1v) is 5.49. The van der Waals surface area contributed by atoms with Crippen LogP contribution < -0.4 is 0 Å². The van der Waals surface area contributed by atoms with Crippen molar-refractivity contribution < 1.29 is 14.6 Å². The van der Waals surface area contributed by atoms with Gasteiger partial charge in [-0.3, -0.25) is 19.8 Å². The van der Waals surface area contributed by atoms with Gasteiger partial charge >= 0.3 is 6.17 Å². The molecule has 0 N–H and O–H groups in total. The maximum Gasteiger partial charge on any atom is 0.315 e. The molecule has 1 aromatic carbocycles. The summed E-state index contributed by atoms with van der Waals surface area (Å²) in [5.74, 6) is 0. The molecule has 17 heavy (non-hydrogen) atoms. The van der Waals surface area contributed by atoms with Crippen molar-refractivity contribution in [3.05, 3.63) is 46.0 Å². The number of benzene rings is 1. The van der Waals surface area contributed by atoms with Crippen molar-refractivity contribution in [2.45, 2.75) is 25.6 Å². The van der Waals surface area contributed by atoms with E-state index in [2.05, 4.69) is 0 Å². The zero-order valence-electron chi connectivity index (χ0n) is 9.48. The van der Waals surface area contributed by atoms with Crippen molar-refractivity contribution in [3.63, 3.8) is 0 Å². The van der Waals surface area contributed by atoms with E-state index in [9.17, 15) is 10.1 Å². The van der Waals surface area contributed by atoms with Crippen LogP contribution >= 0.6 is 0 Å². The molecular formula is C11H14N2O4. The highest BCUT2D eigenvalue weighted by atomic mass is 17.0. The van der Waals surface area contributed by atoms with Crippen LogP contribution in [0.2, 0.25) is 0 Å². The van der Waals surface area contributed by atoms with Crippen LogP contribution in [0.25, 0.3) is 0 Å². The Morgan fingerprint density at radius 1 is 1.53 bits per heavy atom. The third-order valence-corrected chi connectivity index (χ3v) is 2.57. The van der Waals surface area contributed by atoms with Crippen LogP contribution in [0.1, 0.15) is 25.0 Å². The highest BCUT2D eigenvalue weighted by Gasteiger charge is 2.43. The molecule has 0 saturated carbocycles. The van der Waals surface area contributed by atoms with Gasteiger partial charge in [-0.15, -0.1) is 0 Å². The average molecular weight is 238 g/mol. The largest absolute Gasteiger partial charge is 0.315 e. The molecule has 1 aromatic rings. The molecule has 0 bridgehead atoms. The van der Waals surface area contributed by atoms with E-state index in [4.69, 9.17) is 9.68 Å². The highest BCUT2D eigenvalue weighted by molar-refractivity contribution is 5.18. The minimum atomic E-state index is -0.944. The fourth-order valence-corrected chi connectivity index (χ4v) is 1.79. The maximum atomic E-state index is 10.9. The molecule has 0 aliphatic carbocycles. The van der Waals surface area contributed by atoms with Crippen LogP contribution in [0, 0.1) is 10.1 Å². The first-order chi connectivity index (χ1) is 8.22. The van der Waals surface area contributed by atoms with Crippen molar-refractivity contribution in [1.82, 2.24) is 5.23 Å². The van der Waals surface area contributed by atoms with Crippen molar-refractivity contribution in [3.8, 4) is 0 Å². The molecule has 2 atom stereocenters. The normalized spacial score (nSPS) is 25.0. The fourth-order valence-electron chi connectivity index (χ4n) is 1.79. The maximum absolute atomic E-state index is 10.9. The molecule has 92 valence electrons. The van der Waals surface area contributed by atoms with Gasteiger partial charge in [0.25, 0.3) is 0 Å². The first kappa shape index (κ1) is 12.0. The van der Waals surface area contributed by atoms with Gasteiger partial charge in [-0.1, -0.05) is 30.3 Å².